The first-order valence-corrected chi connectivity index (χ1v) is 11.5. The molecule has 186 valence electrons. The molecule has 0 saturated carbocycles. The number of hydrogen-bond acceptors (Lipinski definition) is 3. The van der Waals surface area contributed by atoms with E-state index in [0.717, 1.165) is 28.8 Å². The number of aryl methyl sites for hydroxylation is 1. The number of carbonyl (C=O) groups is 1. The second kappa shape index (κ2) is 10.4. The predicted molar refractivity (Wildman–Crippen MR) is 129 cm³/mol. The molecule has 2 aromatic carbocycles. The largest absolute Gasteiger partial charge is 0.496 e. The van der Waals surface area contributed by atoms with Crippen LogP contribution in [-0.4, -0.2) is 22.8 Å². The van der Waals surface area contributed by atoms with Crippen LogP contribution in [0.5, 0.6) is 5.75 Å². The predicted octanol–water partition coefficient (Wildman–Crippen LogP) is 6.44. The van der Waals surface area contributed by atoms with Gasteiger partial charge in [0, 0.05) is 29.9 Å². The summed E-state index contributed by atoms with van der Waals surface area (Å²) in [5.74, 6) is -0.700. The molecule has 2 heterocycles. The van der Waals surface area contributed by atoms with Crippen molar-refractivity contribution in [2.45, 2.75) is 52.8 Å². The third-order valence-corrected chi connectivity index (χ3v) is 5.81. The zero-order valence-electron chi connectivity index (χ0n) is 20.1. The molecular weight excluding hydrogens is 459 g/mol. The molecule has 3 aromatic rings. The number of fused-ring (bicyclic) bond motifs is 3. The standard InChI is InChI=1S/C24H20F3NO4.C3H8/c1-3-15-16-8-9-28-12-19(23(30)31)21(29)11-20(28)18(16)10-17(22(15)32-2)13-4-6-14(7-5-13)24(25,26)27;1-3-2/h4-7,10-12H,3,8-9H2,1-2H3,(H,30,31);3H2,1-2H3. The summed E-state index contributed by atoms with van der Waals surface area (Å²) in [6.07, 6.45) is -0.611. The first-order chi connectivity index (χ1) is 16.6. The van der Waals surface area contributed by atoms with Crippen LogP contribution in [0.4, 0.5) is 13.2 Å². The van der Waals surface area contributed by atoms with Crippen molar-refractivity contribution in [2.75, 3.05) is 7.11 Å². The van der Waals surface area contributed by atoms with Crippen molar-refractivity contribution in [2.24, 2.45) is 0 Å². The molecule has 4 rings (SSSR count). The Morgan fingerprint density at radius 3 is 2.23 bits per heavy atom. The van der Waals surface area contributed by atoms with Gasteiger partial charge >= 0.3 is 12.1 Å². The van der Waals surface area contributed by atoms with E-state index in [9.17, 15) is 27.9 Å². The van der Waals surface area contributed by atoms with E-state index < -0.39 is 23.1 Å². The van der Waals surface area contributed by atoms with Crippen LogP contribution in [0.3, 0.4) is 0 Å². The van der Waals surface area contributed by atoms with Crippen LogP contribution in [0.15, 0.2) is 47.4 Å². The Morgan fingerprint density at radius 2 is 1.71 bits per heavy atom. The Labute approximate surface area is 201 Å². The Balaban J connectivity index is 0.00000108. The van der Waals surface area contributed by atoms with E-state index in [1.54, 1.807) is 10.6 Å². The van der Waals surface area contributed by atoms with Crippen LogP contribution < -0.4 is 10.2 Å². The lowest BCUT2D eigenvalue weighted by atomic mass is 9.86. The van der Waals surface area contributed by atoms with Crippen LogP contribution in [-0.2, 0) is 25.6 Å². The van der Waals surface area contributed by atoms with E-state index >= 15 is 0 Å². The molecule has 0 unspecified atom stereocenters. The number of nitrogens with zero attached hydrogens (tertiary/aromatic N) is 1. The number of methoxy groups -OCH3 is 1. The minimum absolute atomic E-state index is 0.301. The smallest absolute Gasteiger partial charge is 0.416 e. The quantitative estimate of drug-likeness (QED) is 0.460. The molecule has 0 amide bonds. The van der Waals surface area contributed by atoms with Crippen LogP contribution in [0, 0.1) is 0 Å². The molecule has 0 spiro atoms. The molecule has 0 fully saturated rings. The fourth-order valence-electron chi connectivity index (χ4n) is 4.32. The maximum Gasteiger partial charge on any atom is 0.416 e. The number of aromatic carboxylic acids is 1. The SMILES string of the molecule is CCC.CCc1c2c(cc(-c3ccc(C(F)(F)F)cc3)c1OC)-c1cc(=O)c(C(=O)O)cn1CC2. The minimum atomic E-state index is -4.44. The Bertz CT molecular complexity index is 1290. The van der Waals surface area contributed by atoms with Gasteiger partial charge in [-0.3, -0.25) is 4.79 Å². The monoisotopic (exact) mass is 487 g/mol. The summed E-state index contributed by atoms with van der Waals surface area (Å²) < 4.78 is 46.4. The van der Waals surface area contributed by atoms with E-state index in [4.69, 9.17) is 4.74 Å². The summed E-state index contributed by atoms with van der Waals surface area (Å²) in [5.41, 5.74) is 2.75. The van der Waals surface area contributed by atoms with Crippen molar-refractivity contribution in [1.29, 1.82) is 0 Å². The summed E-state index contributed by atoms with van der Waals surface area (Å²) in [6, 6.07) is 7.96. The fourth-order valence-corrected chi connectivity index (χ4v) is 4.32. The second-order valence-electron chi connectivity index (χ2n) is 8.28. The number of aromatic nitrogens is 1. The maximum absolute atomic E-state index is 13.0. The third-order valence-electron chi connectivity index (χ3n) is 5.81. The highest BCUT2D eigenvalue weighted by Crippen LogP contribution is 2.43. The summed E-state index contributed by atoms with van der Waals surface area (Å²) >= 11 is 0. The third kappa shape index (κ3) is 5.11. The van der Waals surface area contributed by atoms with E-state index in [2.05, 4.69) is 13.8 Å². The van der Waals surface area contributed by atoms with Crippen molar-refractivity contribution in [3.63, 3.8) is 0 Å². The Morgan fingerprint density at radius 1 is 1.09 bits per heavy atom. The van der Waals surface area contributed by atoms with Crippen LogP contribution in [0.2, 0.25) is 0 Å². The van der Waals surface area contributed by atoms with E-state index in [-0.39, 0.29) is 5.56 Å². The molecular formula is C27H28F3NO4. The molecule has 1 N–H and O–H groups in total. The lowest BCUT2D eigenvalue weighted by molar-refractivity contribution is -0.137. The Kier molecular flexibility index (Phi) is 7.73. The number of alkyl halides is 3. The number of carboxylic acid groups (broad SMARTS) is 1. The summed E-state index contributed by atoms with van der Waals surface area (Å²) in [4.78, 5) is 23.7. The topological polar surface area (TPSA) is 68.5 Å². The molecule has 0 aliphatic carbocycles. The Hall–Kier alpha value is -3.55. The molecule has 8 heteroatoms. The van der Waals surface area contributed by atoms with Crippen molar-refractivity contribution in [3.05, 3.63) is 75.1 Å². The van der Waals surface area contributed by atoms with Gasteiger partial charge in [-0.05, 0) is 47.7 Å². The van der Waals surface area contributed by atoms with Gasteiger partial charge in [-0.25, -0.2) is 4.79 Å². The van der Waals surface area contributed by atoms with Gasteiger partial charge in [-0.2, -0.15) is 13.2 Å². The summed E-state index contributed by atoms with van der Waals surface area (Å²) in [5, 5.41) is 9.28. The molecule has 1 aliphatic rings. The zero-order valence-corrected chi connectivity index (χ0v) is 20.1. The lowest BCUT2D eigenvalue weighted by Gasteiger charge is -2.27. The first kappa shape index (κ1) is 26.1. The highest BCUT2D eigenvalue weighted by molar-refractivity contribution is 5.88. The average molecular weight is 488 g/mol. The molecule has 5 nitrogen and oxygen atoms in total. The van der Waals surface area contributed by atoms with Crippen LogP contribution in [0.1, 0.15) is 54.2 Å². The van der Waals surface area contributed by atoms with Crippen molar-refractivity contribution >= 4 is 5.97 Å². The lowest BCUT2D eigenvalue weighted by Crippen LogP contribution is -2.22. The van der Waals surface area contributed by atoms with E-state index in [1.165, 1.54) is 37.9 Å². The van der Waals surface area contributed by atoms with Gasteiger partial charge in [-0.15, -0.1) is 0 Å². The minimum Gasteiger partial charge on any atom is -0.496 e. The van der Waals surface area contributed by atoms with Gasteiger partial charge in [0.25, 0.3) is 0 Å². The molecule has 0 saturated heterocycles. The molecule has 1 aromatic heterocycles. The highest BCUT2D eigenvalue weighted by atomic mass is 19.4. The number of halogens is 3. The van der Waals surface area contributed by atoms with Gasteiger partial charge in [-0.1, -0.05) is 39.3 Å². The van der Waals surface area contributed by atoms with Crippen molar-refractivity contribution in [1.82, 2.24) is 4.57 Å². The number of ether oxygens (including phenoxy) is 1. The van der Waals surface area contributed by atoms with E-state index in [0.29, 0.717) is 42.0 Å². The number of rotatable bonds is 4. The maximum atomic E-state index is 13.0. The number of hydrogen-bond donors (Lipinski definition) is 1. The molecule has 0 bridgehead atoms. The van der Waals surface area contributed by atoms with Gasteiger partial charge in [0.2, 0.25) is 0 Å². The van der Waals surface area contributed by atoms with Gasteiger partial charge < -0.3 is 14.4 Å². The van der Waals surface area contributed by atoms with Crippen molar-refractivity contribution < 1.29 is 27.8 Å². The van der Waals surface area contributed by atoms with Crippen LogP contribution in [0.25, 0.3) is 22.4 Å². The van der Waals surface area contributed by atoms with Gasteiger partial charge in [0.05, 0.1) is 18.4 Å². The van der Waals surface area contributed by atoms with Crippen LogP contribution >= 0.6 is 0 Å². The second-order valence-corrected chi connectivity index (χ2v) is 8.28. The molecule has 0 atom stereocenters. The summed E-state index contributed by atoms with van der Waals surface area (Å²) in [7, 11) is 1.52. The summed E-state index contributed by atoms with van der Waals surface area (Å²) in [6.45, 7) is 6.71. The van der Waals surface area contributed by atoms with Gasteiger partial charge in [0.15, 0.2) is 5.43 Å². The molecule has 0 radical (unpaired) electrons. The molecule has 35 heavy (non-hydrogen) atoms. The van der Waals surface area contributed by atoms with Gasteiger partial charge in [0.1, 0.15) is 11.3 Å². The molecule has 1 aliphatic heterocycles. The average Bonchev–Trinajstić information content (AvgIpc) is 2.82. The number of carboxylic acids is 1. The number of benzene rings is 2. The normalized spacial score (nSPS) is 12.2. The van der Waals surface area contributed by atoms with E-state index in [1.807, 2.05) is 6.92 Å². The van der Waals surface area contributed by atoms with Crippen molar-refractivity contribution in [3.8, 4) is 28.1 Å². The highest BCUT2D eigenvalue weighted by Gasteiger charge is 2.30. The fraction of sp³-hybridized carbons (Fsp3) is 0.333. The first-order valence-electron chi connectivity index (χ1n) is 11.5. The zero-order chi connectivity index (χ0) is 25.9. The number of pyridine rings is 1.